The summed E-state index contributed by atoms with van der Waals surface area (Å²) in [7, 11) is -2.92. The zero-order chi connectivity index (χ0) is 9.19. The van der Waals surface area contributed by atoms with Crippen LogP contribution in [0.3, 0.4) is 0 Å². The van der Waals surface area contributed by atoms with E-state index in [1.165, 1.54) is 6.26 Å². The van der Waals surface area contributed by atoms with Crippen LogP contribution in [0.4, 0.5) is 0 Å². The standard InChI is InChI=1S/C7H16N2O2S/c1-3-9-5-4-8-6-7(9)12(2,10)11/h7-8H,3-6H2,1-2H3. The molecule has 4 nitrogen and oxygen atoms in total. The Balaban J connectivity index is 2.72. The third-order valence-electron chi connectivity index (χ3n) is 2.20. The van der Waals surface area contributed by atoms with Gasteiger partial charge in [-0.3, -0.25) is 4.90 Å². The van der Waals surface area contributed by atoms with E-state index in [1.807, 2.05) is 11.8 Å². The maximum absolute atomic E-state index is 11.3. The van der Waals surface area contributed by atoms with Crippen molar-refractivity contribution >= 4 is 9.84 Å². The van der Waals surface area contributed by atoms with Crippen molar-refractivity contribution in [2.75, 3.05) is 32.4 Å². The van der Waals surface area contributed by atoms with Gasteiger partial charge in [0.2, 0.25) is 0 Å². The number of sulfone groups is 1. The molecular formula is C7H16N2O2S. The summed E-state index contributed by atoms with van der Waals surface area (Å²) in [4.78, 5) is 1.99. The summed E-state index contributed by atoms with van der Waals surface area (Å²) in [6.45, 7) is 5.07. The van der Waals surface area contributed by atoms with Gasteiger partial charge >= 0.3 is 0 Å². The molecule has 1 fully saturated rings. The summed E-state index contributed by atoms with van der Waals surface area (Å²) in [5.74, 6) is 0. The van der Waals surface area contributed by atoms with Crippen molar-refractivity contribution in [1.29, 1.82) is 0 Å². The summed E-state index contributed by atoms with van der Waals surface area (Å²) >= 11 is 0. The minimum atomic E-state index is -2.92. The summed E-state index contributed by atoms with van der Waals surface area (Å²) in [5, 5.41) is 2.76. The van der Waals surface area contributed by atoms with Crippen LogP contribution in [-0.2, 0) is 9.84 Å². The molecule has 1 N–H and O–H groups in total. The van der Waals surface area contributed by atoms with E-state index < -0.39 is 9.84 Å². The molecule has 1 rings (SSSR count). The lowest BCUT2D eigenvalue weighted by Gasteiger charge is -2.33. The van der Waals surface area contributed by atoms with Gasteiger partial charge in [0.25, 0.3) is 0 Å². The molecule has 1 unspecified atom stereocenters. The van der Waals surface area contributed by atoms with Crippen molar-refractivity contribution in [3.63, 3.8) is 0 Å². The molecule has 12 heavy (non-hydrogen) atoms. The minimum Gasteiger partial charge on any atom is -0.313 e. The molecule has 0 bridgehead atoms. The number of hydrogen-bond donors (Lipinski definition) is 1. The molecule has 1 heterocycles. The maximum Gasteiger partial charge on any atom is 0.164 e. The third kappa shape index (κ3) is 2.18. The van der Waals surface area contributed by atoms with E-state index >= 15 is 0 Å². The normalized spacial score (nSPS) is 27.3. The first kappa shape index (κ1) is 9.95. The van der Waals surface area contributed by atoms with Crippen molar-refractivity contribution < 1.29 is 8.42 Å². The van der Waals surface area contributed by atoms with Crippen LogP contribution >= 0.6 is 0 Å². The molecule has 5 heteroatoms. The monoisotopic (exact) mass is 192 g/mol. The Hall–Kier alpha value is -0.130. The molecule has 0 radical (unpaired) electrons. The van der Waals surface area contributed by atoms with Gasteiger partial charge in [0, 0.05) is 25.9 Å². The predicted octanol–water partition coefficient (Wildman–Crippen LogP) is -0.718. The van der Waals surface area contributed by atoms with E-state index in [0.717, 1.165) is 19.6 Å². The lowest BCUT2D eigenvalue weighted by atomic mass is 10.4. The molecule has 0 spiro atoms. The highest BCUT2D eigenvalue weighted by molar-refractivity contribution is 7.91. The molecule has 0 aliphatic carbocycles. The summed E-state index contributed by atoms with van der Waals surface area (Å²) in [5.41, 5.74) is 0. The molecule has 0 aromatic heterocycles. The van der Waals surface area contributed by atoms with Gasteiger partial charge in [-0.05, 0) is 6.54 Å². The lowest BCUT2D eigenvalue weighted by Crippen LogP contribution is -2.54. The van der Waals surface area contributed by atoms with Crippen molar-refractivity contribution in [1.82, 2.24) is 10.2 Å². The van der Waals surface area contributed by atoms with E-state index in [4.69, 9.17) is 0 Å². The molecule has 1 aliphatic rings. The van der Waals surface area contributed by atoms with Crippen LogP contribution in [0.5, 0.6) is 0 Å². The Bertz CT molecular complexity index is 238. The second-order valence-corrected chi connectivity index (χ2v) is 5.32. The van der Waals surface area contributed by atoms with Gasteiger partial charge in [-0.2, -0.15) is 0 Å². The van der Waals surface area contributed by atoms with Crippen LogP contribution in [0.1, 0.15) is 6.92 Å². The zero-order valence-corrected chi connectivity index (χ0v) is 8.39. The van der Waals surface area contributed by atoms with Gasteiger partial charge in [0.1, 0.15) is 5.37 Å². The molecule has 1 atom stereocenters. The summed E-state index contributed by atoms with van der Waals surface area (Å²) in [6, 6.07) is 0. The number of likely N-dealkylation sites (N-methyl/N-ethyl adjacent to an activating group) is 1. The van der Waals surface area contributed by atoms with Gasteiger partial charge in [-0.1, -0.05) is 6.92 Å². The zero-order valence-electron chi connectivity index (χ0n) is 7.58. The third-order valence-corrected chi connectivity index (χ3v) is 3.66. The smallest absolute Gasteiger partial charge is 0.164 e. The van der Waals surface area contributed by atoms with E-state index in [1.54, 1.807) is 0 Å². The van der Waals surface area contributed by atoms with Crippen molar-refractivity contribution in [2.24, 2.45) is 0 Å². The predicted molar refractivity (Wildman–Crippen MR) is 48.7 cm³/mol. The van der Waals surface area contributed by atoms with Gasteiger partial charge in [-0.25, -0.2) is 8.42 Å². The molecule has 0 saturated carbocycles. The van der Waals surface area contributed by atoms with Gasteiger partial charge in [0.15, 0.2) is 9.84 Å². The lowest BCUT2D eigenvalue weighted by molar-refractivity contribution is 0.221. The SMILES string of the molecule is CCN1CCNCC1S(C)(=O)=O. The molecular weight excluding hydrogens is 176 g/mol. The fourth-order valence-electron chi connectivity index (χ4n) is 1.51. The van der Waals surface area contributed by atoms with Crippen molar-refractivity contribution in [3.8, 4) is 0 Å². The van der Waals surface area contributed by atoms with E-state index in [0.29, 0.717) is 6.54 Å². The van der Waals surface area contributed by atoms with Crippen LogP contribution in [-0.4, -0.2) is 51.1 Å². The van der Waals surface area contributed by atoms with Crippen molar-refractivity contribution in [3.05, 3.63) is 0 Å². The fourth-order valence-corrected chi connectivity index (χ4v) is 2.72. The number of piperazine rings is 1. The van der Waals surface area contributed by atoms with Crippen LogP contribution in [0.25, 0.3) is 0 Å². The van der Waals surface area contributed by atoms with Gasteiger partial charge < -0.3 is 5.32 Å². The van der Waals surface area contributed by atoms with E-state index in [9.17, 15) is 8.42 Å². The Morgan fingerprint density at radius 3 is 2.67 bits per heavy atom. The maximum atomic E-state index is 11.3. The Labute approximate surface area is 73.9 Å². The molecule has 1 aliphatic heterocycles. The van der Waals surface area contributed by atoms with E-state index in [2.05, 4.69) is 5.32 Å². The number of rotatable bonds is 2. The average molecular weight is 192 g/mol. The van der Waals surface area contributed by atoms with Crippen LogP contribution in [0.2, 0.25) is 0 Å². The highest BCUT2D eigenvalue weighted by atomic mass is 32.2. The topological polar surface area (TPSA) is 49.4 Å². The van der Waals surface area contributed by atoms with E-state index in [-0.39, 0.29) is 5.37 Å². The summed E-state index contributed by atoms with van der Waals surface area (Å²) in [6.07, 6.45) is 1.30. The number of hydrogen-bond acceptors (Lipinski definition) is 4. The highest BCUT2D eigenvalue weighted by Crippen LogP contribution is 2.08. The molecule has 0 aromatic carbocycles. The van der Waals surface area contributed by atoms with Crippen LogP contribution in [0, 0.1) is 0 Å². The summed E-state index contributed by atoms with van der Waals surface area (Å²) < 4.78 is 22.5. The molecule has 0 amide bonds. The van der Waals surface area contributed by atoms with Crippen LogP contribution < -0.4 is 5.32 Å². The Morgan fingerprint density at radius 1 is 1.58 bits per heavy atom. The Kier molecular flexibility index (Phi) is 3.09. The quantitative estimate of drug-likeness (QED) is 0.627. The second-order valence-electron chi connectivity index (χ2n) is 3.12. The first-order valence-corrected chi connectivity index (χ1v) is 6.14. The van der Waals surface area contributed by atoms with Crippen molar-refractivity contribution in [2.45, 2.75) is 12.3 Å². The van der Waals surface area contributed by atoms with Gasteiger partial charge in [-0.15, -0.1) is 0 Å². The molecule has 72 valence electrons. The minimum absolute atomic E-state index is 0.323. The average Bonchev–Trinajstić information content (AvgIpc) is 2.03. The number of nitrogens with zero attached hydrogens (tertiary/aromatic N) is 1. The number of nitrogens with one attached hydrogen (secondary N) is 1. The second kappa shape index (κ2) is 3.72. The van der Waals surface area contributed by atoms with Gasteiger partial charge in [0.05, 0.1) is 0 Å². The first-order chi connectivity index (χ1) is 5.55. The van der Waals surface area contributed by atoms with Crippen LogP contribution in [0.15, 0.2) is 0 Å². The largest absolute Gasteiger partial charge is 0.313 e. The fraction of sp³-hybridized carbons (Fsp3) is 1.00. The highest BCUT2D eigenvalue weighted by Gasteiger charge is 2.28. The molecule has 1 saturated heterocycles. The Morgan fingerprint density at radius 2 is 2.25 bits per heavy atom. The molecule has 0 aromatic rings. The first-order valence-electron chi connectivity index (χ1n) is 4.19.